The lowest BCUT2D eigenvalue weighted by atomic mass is 9.90. The molecule has 0 aliphatic heterocycles. The summed E-state index contributed by atoms with van der Waals surface area (Å²) in [5.41, 5.74) is -0.608. The van der Waals surface area contributed by atoms with Gasteiger partial charge in [-0.3, -0.25) is 4.79 Å². The van der Waals surface area contributed by atoms with E-state index in [1.807, 2.05) is 11.8 Å². The van der Waals surface area contributed by atoms with Crippen LogP contribution in [0.25, 0.3) is 0 Å². The third-order valence-corrected chi connectivity index (χ3v) is 4.61. The van der Waals surface area contributed by atoms with Crippen LogP contribution in [0.2, 0.25) is 0 Å². The van der Waals surface area contributed by atoms with Crippen molar-refractivity contribution >= 4 is 17.7 Å². The molecule has 0 radical (unpaired) electrons. The van der Waals surface area contributed by atoms with Gasteiger partial charge in [-0.25, -0.2) is 0 Å². The number of rotatable bonds is 7. The Morgan fingerprint density at radius 1 is 1.53 bits per heavy atom. The molecule has 0 bridgehead atoms. The maximum atomic E-state index is 10.8. The van der Waals surface area contributed by atoms with Gasteiger partial charge in [0, 0.05) is 11.3 Å². The molecule has 1 fully saturated rings. The first-order valence-electron chi connectivity index (χ1n) is 5.41. The third kappa shape index (κ3) is 3.68. The summed E-state index contributed by atoms with van der Waals surface area (Å²) in [5, 5.41) is 12.3. The second-order valence-corrected chi connectivity index (χ2v) is 6.28. The summed E-state index contributed by atoms with van der Waals surface area (Å²) < 4.78 is 0.466. The summed E-state index contributed by atoms with van der Waals surface area (Å²) in [6, 6.07) is 0. The standard InChI is InChI=1S/C11H21NO2S/c1-10(2,9(13)14)6-7-12-8-11(15-3)4-5-11/h12H,4-8H2,1-3H3,(H,13,14). The average molecular weight is 231 g/mol. The van der Waals surface area contributed by atoms with Gasteiger partial charge in [-0.1, -0.05) is 0 Å². The first kappa shape index (κ1) is 12.8. The van der Waals surface area contributed by atoms with Crippen molar-refractivity contribution in [2.75, 3.05) is 19.3 Å². The normalized spacial score (nSPS) is 18.9. The van der Waals surface area contributed by atoms with Crippen molar-refractivity contribution < 1.29 is 9.90 Å². The SMILES string of the molecule is CSC1(CNCCC(C)(C)C(=O)O)CC1. The van der Waals surface area contributed by atoms with Crippen molar-refractivity contribution in [1.29, 1.82) is 0 Å². The van der Waals surface area contributed by atoms with Gasteiger partial charge in [-0.2, -0.15) is 11.8 Å². The fraction of sp³-hybridized carbons (Fsp3) is 0.909. The van der Waals surface area contributed by atoms with E-state index in [1.165, 1.54) is 12.8 Å². The van der Waals surface area contributed by atoms with E-state index in [2.05, 4.69) is 11.6 Å². The largest absolute Gasteiger partial charge is 0.481 e. The zero-order valence-electron chi connectivity index (χ0n) is 9.80. The van der Waals surface area contributed by atoms with Crippen LogP contribution in [-0.2, 0) is 4.79 Å². The lowest BCUT2D eigenvalue weighted by Crippen LogP contribution is -2.32. The summed E-state index contributed by atoms with van der Waals surface area (Å²) in [6.07, 6.45) is 5.43. The molecule has 0 atom stereocenters. The molecule has 1 saturated carbocycles. The first-order chi connectivity index (χ1) is 6.92. The van der Waals surface area contributed by atoms with Gasteiger partial charge in [0.25, 0.3) is 0 Å². The Bertz CT molecular complexity index is 237. The van der Waals surface area contributed by atoms with E-state index in [0.29, 0.717) is 11.2 Å². The minimum atomic E-state index is -0.713. The van der Waals surface area contributed by atoms with E-state index >= 15 is 0 Å². The maximum absolute atomic E-state index is 10.8. The van der Waals surface area contributed by atoms with Gasteiger partial charge in [-0.05, 0) is 45.9 Å². The molecule has 1 aliphatic carbocycles. The highest BCUT2D eigenvalue weighted by Crippen LogP contribution is 2.46. The van der Waals surface area contributed by atoms with Crippen LogP contribution in [0.3, 0.4) is 0 Å². The molecule has 0 amide bonds. The highest BCUT2D eigenvalue weighted by Gasteiger charge is 2.41. The van der Waals surface area contributed by atoms with Gasteiger partial charge in [0.15, 0.2) is 0 Å². The molecule has 0 heterocycles. The third-order valence-electron chi connectivity index (χ3n) is 3.19. The van der Waals surface area contributed by atoms with Crippen LogP contribution in [0.4, 0.5) is 0 Å². The summed E-state index contributed by atoms with van der Waals surface area (Å²) in [6.45, 7) is 5.36. The molecule has 0 saturated heterocycles. The Morgan fingerprint density at radius 2 is 2.13 bits per heavy atom. The molecule has 1 aliphatic rings. The smallest absolute Gasteiger partial charge is 0.309 e. The number of hydrogen-bond acceptors (Lipinski definition) is 3. The molecule has 0 spiro atoms. The van der Waals surface area contributed by atoms with Gasteiger partial charge in [0.1, 0.15) is 0 Å². The second-order valence-electron chi connectivity index (χ2n) is 5.00. The monoisotopic (exact) mass is 231 g/mol. The van der Waals surface area contributed by atoms with Crippen LogP contribution in [0, 0.1) is 5.41 Å². The molecule has 0 aromatic rings. The van der Waals surface area contributed by atoms with Crippen LogP contribution in [0.15, 0.2) is 0 Å². The van der Waals surface area contributed by atoms with E-state index < -0.39 is 11.4 Å². The molecule has 0 unspecified atom stereocenters. The number of hydrogen-bond donors (Lipinski definition) is 2. The zero-order chi connectivity index (χ0) is 11.5. The van der Waals surface area contributed by atoms with E-state index in [0.717, 1.165) is 13.1 Å². The minimum Gasteiger partial charge on any atom is -0.481 e. The number of aliphatic carboxylic acids is 1. The molecule has 2 N–H and O–H groups in total. The van der Waals surface area contributed by atoms with Crippen LogP contribution < -0.4 is 5.32 Å². The molecule has 1 rings (SSSR count). The summed E-state index contributed by atoms with van der Waals surface area (Å²) in [5.74, 6) is -0.713. The van der Waals surface area contributed by atoms with Crippen LogP contribution in [-0.4, -0.2) is 35.2 Å². The topological polar surface area (TPSA) is 49.3 Å². The van der Waals surface area contributed by atoms with E-state index in [4.69, 9.17) is 5.11 Å². The summed E-state index contributed by atoms with van der Waals surface area (Å²) >= 11 is 1.92. The Hall–Kier alpha value is -0.220. The second kappa shape index (κ2) is 4.74. The van der Waals surface area contributed by atoms with Crippen molar-refractivity contribution in [3.63, 3.8) is 0 Å². The molecule has 15 heavy (non-hydrogen) atoms. The fourth-order valence-corrected chi connectivity index (χ4v) is 2.17. The highest BCUT2D eigenvalue weighted by atomic mass is 32.2. The quantitative estimate of drug-likeness (QED) is 0.658. The highest BCUT2D eigenvalue weighted by molar-refractivity contribution is 8.00. The Morgan fingerprint density at radius 3 is 2.53 bits per heavy atom. The number of thioether (sulfide) groups is 1. The van der Waals surface area contributed by atoms with Crippen LogP contribution in [0.5, 0.6) is 0 Å². The molecule has 0 aromatic carbocycles. The maximum Gasteiger partial charge on any atom is 0.309 e. The number of carboxylic acid groups (broad SMARTS) is 1. The lowest BCUT2D eigenvalue weighted by molar-refractivity contribution is -0.147. The summed E-state index contributed by atoms with van der Waals surface area (Å²) in [4.78, 5) is 10.8. The van der Waals surface area contributed by atoms with Crippen LogP contribution >= 0.6 is 11.8 Å². The van der Waals surface area contributed by atoms with Gasteiger partial charge in [0.05, 0.1) is 5.41 Å². The van der Waals surface area contributed by atoms with Gasteiger partial charge in [0.2, 0.25) is 0 Å². The van der Waals surface area contributed by atoms with E-state index in [-0.39, 0.29) is 0 Å². The van der Waals surface area contributed by atoms with Gasteiger partial charge >= 0.3 is 5.97 Å². The Kier molecular flexibility index (Phi) is 4.06. The van der Waals surface area contributed by atoms with Crippen molar-refractivity contribution in [1.82, 2.24) is 5.32 Å². The average Bonchev–Trinajstić information content (AvgIpc) is 2.93. The first-order valence-corrected chi connectivity index (χ1v) is 6.64. The fourth-order valence-electron chi connectivity index (χ4n) is 1.42. The molecule has 0 aromatic heterocycles. The van der Waals surface area contributed by atoms with E-state index in [9.17, 15) is 4.79 Å². The molecule has 4 heteroatoms. The van der Waals surface area contributed by atoms with Crippen molar-refractivity contribution in [3.05, 3.63) is 0 Å². The van der Waals surface area contributed by atoms with Crippen molar-refractivity contribution in [3.8, 4) is 0 Å². The van der Waals surface area contributed by atoms with Crippen molar-refractivity contribution in [2.24, 2.45) is 5.41 Å². The molecule has 3 nitrogen and oxygen atoms in total. The lowest BCUT2D eigenvalue weighted by Gasteiger charge is -2.20. The predicted molar refractivity (Wildman–Crippen MR) is 64.4 cm³/mol. The number of carboxylic acids is 1. The number of carbonyl (C=O) groups is 1. The van der Waals surface area contributed by atoms with E-state index in [1.54, 1.807) is 13.8 Å². The van der Waals surface area contributed by atoms with Gasteiger partial charge < -0.3 is 10.4 Å². The Labute approximate surface area is 96.0 Å². The minimum absolute atomic E-state index is 0.466. The Balaban J connectivity index is 2.14. The molecular formula is C11H21NO2S. The molecule has 88 valence electrons. The summed E-state index contributed by atoms with van der Waals surface area (Å²) in [7, 11) is 0. The van der Waals surface area contributed by atoms with Gasteiger partial charge in [-0.15, -0.1) is 0 Å². The molecular weight excluding hydrogens is 210 g/mol. The van der Waals surface area contributed by atoms with Crippen LogP contribution in [0.1, 0.15) is 33.1 Å². The van der Waals surface area contributed by atoms with Crippen molar-refractivity contribution in [2.45, 2.75) is 37.9 Å². The predicted octanol–water partition coefficient (Wildman–Crippen LogP) is 1.97. The number of nitrogens with one attached hydrogen (secondary N) is 1. The zero-order valence-corrected chi connectivity index (χ0v) is 10.6.